The summed E-state index contributed by atoms with van der Waals surface area (Å²) in [5.74, 6) is 0.552. The molecule has 2 fully saturated rings. The van der Waals surface area contributed by atoms with Gasteiger partial charge in [0.1, 0.15) is 10.6 Å². The SMILES string of the molecule is CCCS(=O)(=O)N1CCN(C(=O)CC2CCN(S(=O)(=O)c3c(C)noc3C)CC2)CC1. The average Bonchev–Trinajstić information content (AvgIpc) is 3.07. The molecule has 2 aliphatic heterocycles. The summed E-state index contributed by atoms with van der Waals surface area (Å²) in [5.41, 5.74) is 0.356. The molecule has 1 aromatic rings. The summed E-state index contributed by atoms with van der Waals surface area (Å²) in [6.07, 6.45) is 2.16. The van der Waals surface area contributed by atoms with Gasteiger partial charge in [0.05, 0.1) is 5.75 Å². The average molecular weight is 477 g/mol. The summed E-state index contributed by atoms with van der Waals surface area (Å²) in [7, 11) is -6.89. The van der Waals surface area contributed by atoms with Crippen molar-refractivity contribution < 1.29 is 26.2 Å². The Labute approximate surface area is 184 Å². The van der Waals surface area contributed by atoms with Crippen molar-refractivity contribution in [1.29, 1.82) is 0 Å². The van der Waals surface area contributed by atoms with Gasteiger partial charge in [0.15, 0.2) is 5.76 Å². The van der Waals surface area contributed by atoms with E-state index >= 15 is 0 Å². The second-order valence-electron chi connectivity index (χ2n) is 8.30. The summed E-state index contributed by atoms with van der Waals surface area (Å²) < 4.78 is 58.1. The molecule has 1 amide bonds. The number of hydrogen-bond acceptors (Lipinski definition) is 7. The summed E-state index contributed by atoms with van der Waals surface area (Å²) >= 11 is 0. The number of hydrogen-bond donors (Lipinski definition) is 0. The van der Waals surface area contributed by atoms with Crippen LogP contribution in [0.25, 0.3) is 0 Å². The van der Waals surface area contributed by atoms with E-state index < -0.39 is 20.0 Å². The molecule has 2 aliphatic rings. The fraction of sp³-hybridized carbons (Fsp3) is 0.789. The van der Waals surface area contributed by atoms with Gasteiger partial charge < -0.3 is 9.42 Å². The number of rotatable bonds is 7. The maximum Gasteiger partial charge on any atom is 0.248 e. The molecule has 0 N–H and O–H groups in total. The molecule has 0 spiro atoms. The molecule has 0 bridgehead atoms. The summed E-state index contributed by atoms with van der Waals surface area (Å²) in [6, 6.07) is 0. The Kier molecular flexibility index (Phi) is 7.44. The lowest BCUT2D eigenvalue weighted by Crippen LogP contribution is -2.51. The predicted molar refractivity (Wildman–Crippen MR) is 114 cm³/mol. The van der Waals surface area contributed by atoms with Crippen LogP contribution in [0.2, 0.25) is 0 Å². The molecule has 176 valence electrons. The van der Waals surface area contributed by atoms with Crippen LogP contribution >= 0.6 is 0 Å². The molecule has 2 saturated heterocycles. The van der Waals surface area contributed by atoms with Gasteiger partial charge in [-0.2, -0.15) is 8.61 Å². The van der Waals surface area contributed by atoms with Crippen LogP contribution in [0.4, 0.5) is 0 Å². The first-order valence-corrected chi connectivity index (χ1v) is 13.8. The molecule has 1 aromatic heterocycles. The minimum atomic E-state index is -3.66. The third kappa shape index (κ3) is 5.29. The van der Waals surface area contributed by atoms with Crippen LogP contribution < -0.4 is 0 Å². The van der Waals surface area contributed by atoms with Gasteiger partial charge in [0, 0.05) is 45.7 Å². The molecule has 0 aromatic carbocycles. The van der Waals surface area contributed by atoms with Crippen molar-refractivity contribution in [2.75, 3.05) is 45.0 Å². The first-order valence-electron chi connectivity index (χ1n) is 10.7. The zero-order valence-electron chi connectivity index (χ0n) is 18.4. The van der Waals surface area contributed by atoms with Crippen molar-refractivity contribution in [3.05, 3.63) is 11.5 Å². The van der Waals surface area contributed by atoms with Crippen molar-refractivity contribution >= 4 is 26.0 Å². The van der Waals surface area contributed by atoms with Gasteiger partial charge in [-0.05, 0) is 39.0 Å². The molecule has 0 atom stereocenters. The van der Waals surface area contributed by atoms with Crippen molar-refractivity contribution in [2.24, 2.45) is 5.92 Å². The van der Waals surface area contributed by atoms with Crippen molar-refractivity contribution in [2.45, 2.75) is 51.3 Å². The van der Waals surface area contributed by atoms with Gasteiger partial charge >= 0.3 is 0 Å². The van der Waals surface area contributed by atoms with E-state index in [1.165, 1.54) is 8.61 Å². The normalized spacial score (nSPS) is 20.3. The molecule has 0 aliphatic carbocycles. The quantitative estimate of drug-likeness (QED) is 0.575. The van der Waals surface area contributed by atoms with Gasteiger partial charge in [0.2, 0.25) is 26.0 Å². The number of aromatic nitrogens is 1. The number of piperazine rings is 1. The number of sulfonamides is 2. The van der Waals surface area contributed by atoms with E-state index in [4.69, 9.17) is 4.52 Å². The maximum atomic E-state index is 12.9. The van der Waals surface area contributed by atoms with Gasteiger partial charge in [-0.25, -0.2) is 16.8 Å². The van der Waals surface area contributed by atoms with Gasteiger partial charge in [0.25, 0.3) is 0 Å². The molecule has 0 radical (unpaired) electrons. The first kappa shape index (κ1) is 24.1. The molecule has 12 heteroatoms. The minimum absolute atomic E-state index is 0.0135. The van der Waals surface area contributed by atoms with Crippen molar-refractivity contribution in [3.8, 4) is 0 Å². The summed E-state index contributed by atoms with van der Waals surface area (Å²) in [6.45, 7) is 7.23. The number of carbonyl (C=O) groups is 1. The molecule has 3 heterocycles. The Balaban J connectivity index is 1.50. The lowest BCUT2D eigenvalue weighted by Gasteiger charge is -2.36. The Morgan fingerprint density at radius 3 is 2.13 bits per heavy atom. The highest BCUT2D eigenvalue weighted by Crippen LogP contribution is 2.29. The smallest absolute Gasteiger partial charge is 0.248 e. The Bertz CT molecular complexity index is 969. The maximum absolute atomic E-state index is 12.9. The number of aryl methyl sites for hydroxylation is 2. The number of carbonyl (C=O) groups excluding carboxylic acids is 1. The van der Waals surface area contributed by atoms with Crippen LogP contribution in [0.15, 0.2) is 9.42 Å². The number of amides is 1. The first-order chi connectivity index (χ1) is 14.6. The molecular weight excluding hydrogens is 444 g/mol. The van der Waals surface area contributed by atoms with Crippen LogP contribution in [-0.2, 0) is 24.8 Å². The molecular formula is C19H32N4O6S2. The van der Waals surface area contributed by atoms with Crippen LogP contribution in [-0.4, -0.2) is 86.4 Å². The predicted octanol–water partition coefficient (Wildman–Crippen LogP) is 0.966. The Morgan fingerprint density at radius 1 is 1.00 bits per heavy atom. The highest BCUT2D eigenvalue weighted by molar-refractivity contribution is 7.89. The minimum Gasteiger partial charge on any atom is -0.360 e. The third-order valence-corrected chi connectivity index (χ3v) is 10.3. The van der Waals surface area contributed by atoms with E-state index in [0.717, 1.165) is 0 Å². The monoisotopic (exact) mass is 476 g/mol. The van der Waals surface area contributed by atoms with Crippen LogP contribution in [0, 0.1) is 19.8 Å². The van der Waals surface area contributed by atoms with Crippen LogP contribution in [0.3, 0.4) is 0 Å². The Morgan fingerprint density at radius 2 is 1.61 bits per heavy atom. The Hall–Kier alpha value is -1.50. The summed E-state index contributed by atoms with van der Waals surface area (Å²) in [4.78, 5) is 14.6. The van der Waals surface area contributed by atoms with Gasteiger partial charge in [-0.15, -0.1) is 0 Å². The molecule has 3 rings (SSSR count). The number of piperidine rings is 1. The second-order valence-corrected chi connectivity index (χ2v) is 12.3. The molecule has 0 saturated carbocycles. The van der Waals surface area contributed by atoms with E-state index in [2.05, 4.69) is 5.16 Å². The summed E-state index contributed by atoms with van der Waals surface area (Å²) in [5, 5.41) is 3.74. The van der Waals surface area contributed by atoms with E-state index in [-0.39, 0.29) is 28.2 Å². The topological polar surface area (TPSA) is 121 Å². The molecule has 31 heavy (non-hydrogen) atoms. The third-order valence-electron chi connectivity index (χ3n) is 6.05. The standard InChI is InChI=1S/C19H32N4O6S2/c1-4-13-30(25,26)22-11-9-21(10-12-22)18(24)14-17-5-7-23(8-6-17)31(27,28)19-15(2)20-29-16(19)3/h17H,4-14H2,1-3H3. The van der Waals surface area contributed by atoms with E-state index in [1.807, 2.05) is 6.92 Å². The van der Waals surface area contributed by atoms with E-state index in [9.17, 15) is 21.6 Å². The van der Waals surface area contributed by atoms with Crippen molar-refractivity contribution in [1.82, 2.24) is 18.7 Å². The number of nitrogens with zero attached hydrogens (tertiary/aromatic N) is 4. The fourth-order valence-corrected chi connectivity index (χ4v) is 7.56. The zero-order valence-corrected chi connectivity index (χ0v) is 20.0. The zero-order chi connectivity index (χ0) is 22.8. The highest BCUT2D eigenvalue weighted by Gasteiger charge is 2.35. The van der Waals surface area contributed by atoms with Gasteiger partial charge in [-0.3, -0.25) is 4.79 Å². The van der Waals surface area contributed by atoms with Crippen LogP contribution in [0.5, 0.6) is 0 Å². The molecule has 10 nitrogen and oxygen atoms in total. The van der Waals surface area contributed by atoms with Gasteiger partial charge in [-0.1, -0.05) is 12.1 Å². The van der Waals surface area contributed by atoms with Crippen molar-refractivity contribution in [3.63, 3.8) is 0 Å². The highest BCUT2D eigenvalue weighted by atomic mass is 32.2. The van der Waals surface area contributed by atoms with E-state index in [0.29, 0.717) is 70.6 Å². The lowest BCUT2D eigenvalue weighted by molar-refractivity contribution is -0.133. The fourth-order valence-electron chi connectivity index (χ4n) is 4.30. The second kappa shape index (κ2) is 9.55. The largest absolute Gasteiger partial charge is 0.360 e. The van der Waals surface area contributed by atoms with Crippen LogP contribution in [0.1, 0.15) is 44.1 Å². The molecule has 0 unspecified atom stereocenters. The lowest BCUT2D eigenvalue weighted by atomic mass is 9.94. The van der Waals surface area contributed by atoms with E-state index in [1.54, 1.807) is 18.7 Å².